The average Bonchev–Trinajstić information content (AvgIpc) is 2.32. The topological polar surface area (TPSA) is 51.5 Å². The van der Waals surface area contributed by atoms with E-state index in [0.29, 0.717) is 0 Å². The maximum absolute atomic E-state index is 13.6. The van der Waals surface area contributed by atoms with Crippen LogP contribution in [-0.2, 0) is 11.0 Å². The van der Waals surface area contributed by atoms with Gasteiger partial charge in [-0.25, -0.2) is 13.6 Å². The number of ether oxygens (including phenoxy) is 1. The van der Waals surface area contributed by atoms with E-state index in [1.54, 1.807) is 20.8 Å². The van der Waals surface area contributed by atoms with E-state index in [4.69, 9.17) is 0 Å². The summed E-state index contributed by atoms with van der Waals surface area (Å²) in [4.78, 5) is 3.58. The van der Waals surface area contributed by atoms with Gasteiger partial charge in [-0.3, -0.25) is 0 Å². The Balaban J connectivity index is 2.80. The molecule has 0 aromatic carbocycles. The first-order chi connectivity index (χ1) is 9.49. The predicted octanol–water partition coefficient (Wildman–Crippen LogP) is 3.04. The van der Waals surface area contributed by atoms with Gasteiger partial charge in [0.2, 0.25) is 0 Å². The zero-order valence-corrected chi connectivity index (χ0v) is 12.4. The Morgan fingerprint density at radius 3 is 2.48 bits per heavy atom. The molecule has 4 nitrogen and oxygen atoms in total. The van der Waals surface area contributed by atoms with E-state index in [-0.39, 0.29) is 11.4 Å². The number of nitrogens with zero attached hydrogens (tertiary/aromatic N) is 2. The van der Waals surface area contributed by atoms with Crippen LogP contribution in [-0.4, -0.2) is 32.9 Å². The summed E-state index contributed by atoms with van der Waals surface area (Å²) in [5.74, 6) is -1.26. The molecular weight excluding hydrogens is 312 g/mol. The highest BCUT2D eigenvalue weighted by atomic mass is 32.2. The van der Waals surface area contributed by atoms with Crippen molar-refractivity contribution in [3.8, 4) is 5.75 Å². The number of rotatable bonds is 4. The maximum Gasteiger partial charge on any atom is 0.422 e. The molecule has 0 aliphatic rings. The summed E-state index contributed by atoms with van der Waals surface area (Å²) >= 11 is 0. The van der Waals surface area contributed by atoms with Gasteiger partial charge in [0, 0.05) is 6.07 Å². The van der Waals surface area contributed by atoms with Crippen molar-refractivity contribution in [1.29, 1.82) is 0 Å². The Morgan fingerprint density at radius 2 is 2.00 bits per heavy atom. The Bertz CT molecular complexity index is 553. The van der Waals surface area contributed by atoms with Crippen molar-refractivity contribution in [1.82, 2.24) is 4.98 Å². The number of aromatic nitrogens is 1. The first-order valence-electron chi connectivity index (χ1n) is 5.80. The van der Waals surface area contributed by atoms with Crippen LogP contribution in [0.1, 0.15) is 26.5 Å². The van der Waals surface area contributed by atoms with Crippen LogP contribution in [0.2, 0.25) is 0 Å². The highest BCUT2D eigenvalue weighted by molar-refractivity contribution is 7.85. The quantitative estimate of drug-likeness (QED) is 0.631. The molecule has 0 bridgehead atoms. The minimum absolute atomic E-state index is 0.230. The number of halogens is 4. The molecule has 118 valence electrons. The normalized spacial score (nSPS) is 14.4. The van der Waals surface area contributed by atoms with Crippen molar-refractivity contribution < 1.29 is 26.5 Å². The second kappa shape index (κ2) is 6.50. The molecule has 9 heteroatoms. The Morgan fingerprint density at radius 1 is 1.38 bits per heavy atom. The van der Waals surface area contributed by atoms with E-state index >= 15 is 0 Å². The molecule has 1 unspecified atom stereocenters. The zero-order valence-electron chi connectivity index (χ0n) is 11.6. The summed E-state index contributed by atoms with van der Waals surface area (Å²) in [5, 5.41) is 0. The molecule has 1 heterocycles. The van der Waals surface area contributed by atoms with Gasteiger partial charge >= 0.3 is 6.18 Å². The fourth-order valence-electron chi connectivity index (χ4n) is 1.03. The first kappa shape index (κ1) is 17.5. The van der Waals surface area contributed by atoms with Crippen molar-refractivity contribution in [2.45, 2.75) is 31.7 Å². The molecule has 0 aliphatic carbocycles. The maximum atomic E-state index is 13.6. The molecule has 0 amide bonds. The summed E-state index contributed by atoms with van der Waals surface area (Å²) in [7, 11) is -1.58. The summed E-state index contributed by atoms with van der Waals surface area (Å²) in [6.45, 7) is 3.55. The molecule has 1 aromatic rings. The van der Waals surface area contributed by atoms with Crippen LogP contribution in [0.15, 0.2) is 16.7 Å². The van der Waals surface area contributed by atoms with E-state index in [0.717, 1.165) is 18.5 Å². The van der Waals surface area contributed by atoms with Crippen LogP contribution in [0.25, 0.3) is 0 Å². The van der Waals surface area contributed by atoms with E-state index < -0.39 is 34.3 Å². The second-order valence-corrected chi connectivity index (χ2v) is 6.97. The Kier molecular flexibility index (Phi) is 5.43. The molecule has 0 fully saturated rings. The lowest BCUT2D eigenvalue weighted by atomic mass is 10.3. The molecule has 0 N–H and O–H groups in total. The second-order valence-electron chi connectivity index (χ2n) is 5.04. The third-order valence-electron chi connectivity index (χ3n) is 2.04. The lowest BCUT2D eigenvalue weighted by molar-refractivity contribution is -0.153. The lowest BCUT2D eigenvalue weighted by Crippen LogP contribution is -2.20. The molecule has 0 spiro atoms. The molecule has 0 saturated carbocycles. The van der Waals surface area contributed by atoms with Crippen molar-refractivity contribution in [2.75, 3.05) is 6.61 Å². The van der Waals surface area contributed by atoms with Crippen LogP contribution in [0, 0.1) is 5.82 Å². The summed E-state index contributed by atoms with van der Waals surface area (Å²) in [6, 6.07) is 0.764. The van der Waals surface area contributed by atoms with Crippen LogP contribution < -0.4 is 4.74 Å². The molecule has 0 saturated heterocycles. The van der Waals surface area contributed by atoms with Gasteiger partial charge in [0.05, 0.1) is 17.2 Å². The fraction of sp³-hybridized carbons (Fsp3) is 0.500. The average molecular weight is 326 g/mol. The van der Waals surface area contributed by atoms with Gasteiger partial charge in [0.25, 0.3) is 0 Å². The van der Waals surface area contributed by atoms with Crippen LogP contribution >= 0.6 is 0 Å². The van der Waals surface area contributed by atoms with Gasteiger partial charge in [-0.2, -0.15) is 17.6 Å². The number of hydrogen-bond acceptors (Lipinski definition) is 3. The van der Waals surface area contributed by atoms with Gasteiger partial charge in [0.15, 0.2) is 12.4 Å². The molecular formula is C12H14F4N2O2S. The molecule has 0 aliphatic heterocycles. The highest BCUT2D eigenvalue weighted by Crippen LogP contribution is 2.19. The van der Waals surface area contributed by atoms with Gasteiger partial charge in [0.1, 0.15) is 22.4 Å². The fourth-order valence-corrected chi connectivity index (χ4v) is 1.54. The zero-order chi connectivity index (χ0) is 16.3. The minimum Gasteiger partial charge on any atom is -0.482 e. The largest absolute Gasteiger partial charge is 0.482 e. The van der Waals surface area contributed by atoms with E-state index in [9.17, 15) is 21.8 Å². The van der Waals surface area contributed by atoms with Gasteiger partial charge in [-0.05, 0) is 20.8 Å². The third-order valence-corrected chi connectivity index (χ3v) is 3.39. The predicted molar refractivity (Wildman–Crippen MR) is 71.2 cm³/mol. The standard InChI is InChI=1S/C12H14F4N2O2S/c1-11(2,3)21(19)18-6-10-9(13)4-8(5-17-10)20-7-12(14,15)16/h4-6H,7H2,1-3H3. The van der Waals surface area contributed by atoms with E-state index in [1.165, 1.54) is 0 Å². The monoisotopic (exact) mass is 326 g/mol. The molecule has 1 atom stereocenters. The summed E-state index contributed by atoms with van der Waals surface area (Å²) in [5.41, 5.74) is -0.230. The van der Waals surface area contributed by atoms with E-state index in [2.05, 4.69) is 14.1 Å². The number of hydrogen-bond donors (Lipinski definition) is 0. The molecule has 0 radical (unpaired) electrons. The number of alkyl halides is 3. The third kappa shape index (κ3) is 6.19. The first-order valence-corrected chi connectivity index (χ1v) is 6.91. The SMILES string of the molecule is CC(C)(C)S(=O)N=Cc1ncc(OCC(F)(F)F)cc1F. The Hall–Kier alpha value is -1.51. The van der Waals surface area contributed by atoms with Crippen LogP contribution in [0.4, 0.5) is 17.6 Å². The molecule has 1 aromatic heterocycles. The molecule has 1 rings (SSSR count). The van der Waals surface area contributed by atoms with Crippen molar-refractivity contribution in [2.24, 2.45) is 4.40 Å². The minimum atomic E-state index is -4.51. The van der Waals surface area contributed by atoms with Gasteiger partial charge in [-0.15, -0.1) is 0 Å². The summed E-state index contributed by atoms with van der Waals surface area (Å²) < 4.78 is 68.5. The van der Waals surface area contributed by atoms with Crippen LogP contribution in [0.3, 0.4) is 0 Å². The van der Waals surface area contributed by atoms with Crippen molar-refractivity contribution in [3.63, 3.8) is 0 Å². The smallest absolute Gasteiger partial charge is 0.422 e. The van der Waals surface area contributed by atoms with Crippen molar-refractivity contribution in [3.05, 3.63) is 23.8 Å². The van der Waals surface area contributed by atoms with Gasteiger partial charge in [-0.1, -0.05) is 0 Å². The summed E-state index contributed by atoms with van der Waals surface area (Å²) in [6.07, 6.45) is -2.60. The van der Waals surface area contributed by atoms with Crippen LogP contribution in [0.5, 0.6) is 5.75 Å². The number of pyridine rings is 1. The lowest BCUT2D eigenvalue weighted by Gasteiger charge is -2.12. The Labute approximate surface area is 121 Å². The van der Waals surface area contributed by atoms with Crippen molar-refractivity contribution >= 4 is 17.2 Å². The highest BCUT2D eigenvalue weighted by Gasteiger charge is 2.28. The van der Waals surface area contributed by atoms with Gasteiger partial charge < -0.3 is 4.74 Å². The van der Waals surface area contributed by atoms with E-state index in [1.807, 2.05) is 0 Å². The molecule has 21 heavy (non-hydrogen) atoms.